The molecule has 1 aromatic rings. The fourth-order valence-corrected chi connectivity index (χ4v) is 0.960. The Hall–Kier alpha value is -2.04. The predicted octanol–water partition coefficient (Wildman–Crippen LogP) is 1.13. The molecule has 5 nitrogen and oxygen atoms in total. The van der Waals surface area contributed by atoms with Crippen molar-refractivity contribution < 1.29 is 19.5 Å². The monoisotopic (exact) mass is 209 g/mol. The van der Waals surface area contributed by atoms with Gasteiger partial charge in [-0.2, -0.15) is 0 Å². The fraction of sp³-hybridized carbons (Fsp3) is 0.200. The maximum atomic E-state index is 10.1. The molecule has 1 N–H and O–H groups in total. The largest absolute Gasteiger partial charge is 0.496 e. The van der Waals surface area contributed by atoms with Gasteiger partial charge in [-0.15, -0.1) is 0 Å². The van der Waals surface area contributed by atoms with Crippen LogP contribution in [0.2, 0.25) is 0 Å². The van der Waals surface area contributed by atoms with Gasteiger partial charge >= 0.3 is 5.97 Å². The topological polar surface area (TPSA) is 68.1 Å². The molecular weight excluding hydrogens is 198 g/mol. The van der Waals surface area contributed by atoms with Crippen molar-refractivity contribution in [3.8, 4) is 5.75 Å². The van der Waals surface area contributed by atoms with Gasteiger partial charge in [0.2, 0.25) is 6.61 Å². The first-order valence-corrected chi connectivity index (χ1v) is 4.24. The molecule has 80 valence electrons. The van der Waals surface area contributed by atoms with Crippen LogP contribution in [0.15, 0.2) is 29.4 Å². The maximum Gasteiger partial charge on any atom is 0.344 e. The van der Waals surface area contributed by atoms with Gasteiger partial charge in [0.15, 0.2) is 0 Å². The van der Waals surface area contributed by atoms with Crippen molar-refractivity contribution in [2.24, 2.45) is 5.16 Å². The highest BCUT2D eigenvalue weighted by atomic mass is 16.6. The summed E-state index contributed by atoms with van der Waals surface area (Å²) in [6.45, 7) is -0.453. The van der Waals surface area contributed by atoms with Crippen LogP contribution < -0.4 is 4.74 Å². The highest BCUT2D eigenvalue weighted by molar-refractivity contribution is 5.83. The van der Waals surface area contributed by atoms with Crippen molar-refractivity contribution in [3.05, 3.63) is 29.8 Å². The van der Waals surface area contributed by atoms with Crippen LogP contribution >= 0.6 is 0 Å². The number of carbonyl (C=O) groups is 1. The summed E-state index contributed by atoms with van der Waals surface area (Å²) in [6, 6.07) is 7.21. The van der Waals surface area contributed by atoms with E-state index in [1.807, 2.05) is 12.1 Å². The van der Waals surface area contributed by atoms with Crippen molar-refractivity contribution in [2.45, 2.75) is 0 Å². The number of hydrogen-bond acceptors (Lipinski definition) is 4. The molecule has 0 bridgehead atoms. The summed E-state index contributed by atoms with van der Waals surface area (Å²) >= 11 is 0. The lowest BCUT2D eigenvalue weighted by Crippen LogP contribution is -2.03. The average molecular weight is 209 g/mol. The zero-order chi connectivity index (χ0) is 11.1. The molecule has 0 amide bonds. The van der Waals surface area contributed by atoms with Gasteiger partial charge in [0.25, 0.3) is 0 Å². The molecular formula is C10H11NO4. The van der Waals surface area contributed by atoms with Crippen LogP contribution in [-0.4, -0.2) is 31.0 Å². The van der Waals surface area contributed by atoms with Gasteiger partial charge in [-0.05, 0) is 12.1 Å². The first kappa shape index (κ1) is 11.0. The lowest BCUT2D eigenvalue weighted by atomic mass is 10.2. The quantitative estimate of drug-likeness (QED) is 0.583. The lowest BCUT2D eigenvalue weighted by Gasteiger charge is -2.02. The fourth-order valence-electron chi connectivity index (χ4n) is 0.960. The van der Waals surface area contributed by atoms with Gasteiger partial charge in [0, 0.05) is 5.56 Å². The second kappa shape index (κ2) is 5.64. The van der Waals surface area contributed by atoms with E-state index in [1.54, 1.807) is 19.2 Å². The average Bonchev–Trinajstić information content (AvgIpc) is 2.24. The summed E-state index contributed by atoms with van der Waals surface area (Å²) in [4.78, 5) is 14.6. The minimum absolute atomic E-state index is 0.453. The molecule has 0 heterocycles. The van der Waals surface area contributed by atoms with E-state index in [0.29, 0.717) is 5.75 Å². The third kappa shape index (κ3) is 3.68. The zero-order valence-electron chi connectivity index (χ0n) is 8.21. The molecule has 1 aromatic carbocycles. The summed E-state index contributed by atoms with van der Waals surface area (Å²) in [5, 5.41) is 11.8. The van der Waals surface area contributed by atoms with Crippen LogP contribution in [-0.2, 0) is 9.63 Å². The van der Waals surface area contributed by atoms with Gasteiger partial charge in [-0.3, -0.25) is 0 Å². The Labute approximate surface area is 86.9 Å². The number of rotatable bonds is 5. The highest BCUT2D eigenvalue weighted by Crippen LogP contribution is 2.14. The van der Waals surface area contributed by atoms with Crippen LogP contribution in [0.4, 0.5) is 0 Å². The molecule has 0 aromatic heterocycles. The van der Waals surface area contributed by atoms with E-state index >= 15 is 0 Å². The maximum absolute atomic E-state index is 10.1. The number of benzene rings is 1. The van der Waals surface area contributed by atoms with Crippen LogP contribution in [0.5, 0.6) is 5.75 Å². The van der Waals surface area contributed by atoms with Crippen LogP contribution in [0.1, 0.15) is 5.56 Å². The van der Waals surface area contributed by atoms with Gasteiger partial charge in [0.05, 0.1) is 13.3 Å². The van der Waals surface area contributed by atoms with Crippen LogP contribution in [0, 0.1) is 0 Å². The minimum Gasteiger partial charge on any atom is -0.496 e. The molecule has 0 fully saturated rings. The highest BCUT2D eigenvalue weighted by Gasteiger charge is 1.98. The van der Waals surface area contributed by atoms with Crippen molar-refractivity contribution in [1.29, 1.82) is 0 Å². The molecule has 0 aliphatic carbocycles. The Bertz CT molecular complexity index is 362. The van der Waals surface area contributed by atoms with Crippen LogP contribution in [0.3, 0.4) is 0 Å². The molecule has 0 saturated heterocycles. The number of methoxy groups -OCH3 is 1. The van der Waals surface area contributed by atoms with E-state index in [-0.39, 0.29) is 0 Å². The summed E-state index contributed by atoms with van der Waals surface area (Å²) < 4.78 is 5.06. The molecule has 0 spiro atoms. The van der Waals surface area contributed by atoms with Crippen molar-refractivity contribution >= 4 is 12.2 Å². The molecule has 0 unspecified atom stereocenters. The molecule has 0 saturated carbocycles. The van der Waals surface area contributed by atoms with E-state index in [2.05, 4.69) is 9.99 Å². The van der Waals surface area contributed by atoms with E-state index < -0.39 is 12.6 Å². The van der Waals surface area contributed by atoms with Crippen molar-refractivity contribution in [2.75, 3.05) is 13.7 Å². The van der Waals surface area contributed by atoms with Crippen molar-refractivity contribution in [1.82, 2.24) is 0 Å². The molecule has 0 aliphatic heterocycles. The Morgan fingerprint density at radius 3 is 2.93 bits per heavy atom. The third-order valence-electron chi connectivity index (χ3n) is 1.59. The minimum atomic E-state index is -1.06. The number of nitrogens with zero attached hydrogens (tertiary/aromatic N) is 1. The number of aliphatic carboxylic acids is 1. The second-order valence-corrected chi connectivity index (χ2v) is 2.64. The van der Waals surface area contributed by atoms with Crippen LogP contribution in [0.25, 0.3) is 0 Å². The summed E-state index contributed by atoms with van der Waals surface area (Å²) in [5.74, 6) is -0.410. The smallest absolute Gasteiger partial charge is 0.344 e. The lowest BCUT2D eigenvalue weighted by molar-refractivity contribution is -0.142. The zero-order valence-corrected chi connectivity index (χ0v) is 8.21. The van der Waals surface area contributed by atoms with E-state index in [0.717, 1.165) is 5.56 Å². The summed E-state index contributed by atoms with van der Waals surface area (Å²) in [7, 11) is 1.55. The molecule has 5 heteroatoms. The normalized spacial score (nSPS) is 10.2. The number of carboxylic acid groups (broad SMARTS) is 1. The van der Waals surface area contributed by atoms with E-state index in [9.17, 15) is 4.79 Å². The van der Waals surface area contributed by atoms with Crippen molar-refractivity contribution in [3.63, 3.8) is 0 Å². The number of ether oxygens (including phenoxy) is 1. The molecule has 0 aliphatic rings. The number of hydrogen-bond donors (Lipinski definition) is 1. The summed E-state index contributed by atoms with van der Waals surface area (Å²) in [5.41, 5.74) is 0.727. The Kier molecular flexibility index (Phi) is 4.15. The first-order valence-electron chi connectivity index (χ1n) is 4.24. The number of para-hydroxylation sites is 1. The molecule has 0 atom stereocenters. The third-order valence-corrected chi connectivity index (χ3v) is 1.59. The molecule has 1 rings (SSSR count). The Morgan fingerprint density at radius 2 is 2.27 bits per heavy atom. The number of carboxylic acids is 1. The van der Waals surface area contributed by atoms with E-state index in [1.165, 1.54) is 6.21 Å². The van der Waals surface area contributed by atoms with Gasteiger partial charge in [-0.25, -0.2) is 4.79 Å². The van der Waals surface area contributed by atoms with Gasteiger partial charge in [0.1, 0.15) is 5.75 Å². The standard InChI is InChI=1S/C10H11NO4/c1-14-9-5-3-2-4-8(9)6-11-15-7-10(12)13/h2-6H,7H2,1H3,(H,12,13). The summed E-state index contributed by atoms with van der Waals surface area (Å²) in [6.07, 6.45) is 1.40. The SMILES string of the molecule is COc1ccccc1C=NOCC(=O)O. The Morgan fingerprint density at radius 1 is 1.53 bits per heavy atom. The molecule has 15 heavy (non-hydrogen) atoms. The second-order valence-electron chi connectivity index (χ2n) is 2.64. The predicted molar refractivity (Wildman–Crippen MR) is 54.2 cm³/mol. The molecule has 0 radical (unpaired) electrons. The Balaban J connectivity index is 2.59. The first-order chi connectivity index (χ1) is 7.24. The number of oxime groups is 1. The van der Waals surface area contributed by atoms with Gasteiger partial charge in [-0.1, -0.05) is 17.3 Å². The van der Waals surface area contributed by atoms with E-state index in [4.69, 9.17) is 9.84 Å². The van der Waals surface area contributed by atoms with Gasteiger partial charge < -0.3 is 14.7 Å².